The lowest BCUT2D eigenvalue weighted by Gasteiger charge is -2.29. The topological polar surface area (TPSA) is 119 Å². The predicted octanol–water partition coefficient (Wildman–Crippen LogP) is 3.77. The molecule has 0 radical (unpaired) electrons. The molecular formula is C22H25N7O. The molecule has 1 amide bonds. The van der Waals surface area contributed by atoms with E-state index in [4.69, 9.17) is 5.73 Å². The number of rotatable bonds is 6. The second kappa shape index (κ2) is 8.86. The Hall–Kier alpha value is -3.55. The number of amides is 1. The van der Waals surface area contributed by atoms with Gasteiger partial charge in [-0.2, -0.15) is 4.98 Å². The summed E-state index contributed by atoms with van der Waals surface area (Å²) in [5.74, 6) is 1.45. The van der Waals surface area contributed by atoms with E-state index in [0.29, 0.717) is 29.6 Å². The molecule has 0 aliphatic heterocycles. The highest BCUT2D eigenvalue weighted by Gasteiger charge is 2.22. The Morgan fingerprint density at radius 1 is 1.10 bits per heavy atom. The van der Waals surface area contributed by atoms with Gasteiger partial charge in [0.25, 0.3) is 5.91 Å². The minimum Gasteiger partial charge on any atom is -0.365 e. The second-order valence-corrected chi connectivity index (χ2v) is 7.61. The van der Waals surface area contributed by atoms with E-state index in [1.807, 2.05) is 24.3 Å². The summed E-state index contributed by atoms with van der Waals surface area (Å²) in [6.45, 7) is 2.24. The number of nitrogens with one attached hydrogen (secondary N) is 2. The number of primary amides is 1. The fourth-order valence-corrected chi connectivity index (χ4v) is 3.74. The number of nitrogens with zero attached hydrogens (tertiary/aromatic N) is 4. The standard InChI is InChI=1S/C22H25N7O/c1-14-6-2-3-9-18(14)28-22-26-13-17(19(23)30)21(29-22)27-16-8-4-7-15(12-16)20-24-10-5-11-25-20/h4-5,7-8,10-14,18H,2-3,6,9H2,1H3,(H2,23,30)(H2,26,27,28,29)/t14-,18+/m0/s1. The van der Waals surface area contributed by atoms with E-state index in [1.54, 1.807) is 18.5 Å². The molecule has 8 nitrogen and oxygen atoms in total. The van der Waals surface area contributed by atoms with Crippen molar-refractivity contribution in [2.75, 3.05) is 10.6 Å². The Balaban J connectivity index is 1.60. The Morgan fingerprint density at radius 3 is 2.67 bits per heavy atom. The third kappa shape index (κ3) is 4.53. The van der Waals surface area contributed by atoms with Crippen LogP contribution in [0.4, 0.5) is 17.5 Å². The van der Waals surface area contributed by atoms with Gasteiger partial charge in [-0.15, -0.1) is 0 Å². The average molecular weight is 403 g/mol. The van der Waals surface area contributed by atoms with Gasteiger partial charge in [0, 0.05) is 35.9 Å². The smallest absolute Gasteiger partial charge is 0.254 e. The van der Waals surface area contributed by atoms with Gasteiger partial charge >= 0.3 is 0 Å². The van der Waals surface area contributed by atoms with Crippen molar-refractivity contribution in [1.29, 1.82) is 0 Å². The SMILES string of the molecule is C[C@H]1CCCC[C@H]1Nc1ncc(C(N)=O)c(Nc2cccc(-c3ncccn3)c2)n1. The van der Waals surface area contributed by atoms with Gasteiger partial charge in [0.2, 0.25) is 5.95 Å². The molecule has 4 rings (SSSR count). The van der Waals surface area contributed by atoms with E-state index in [1.165, 1.54) is 25.5 Å². The van der Waals surface area contributed by atoms with E-state index >= 15 is 0 Å². The molecule has 30 heavy (non-hydrogen) atoms. The van der Waals surface area contributed by atoms with Gasteiger partial charge in [0.1, 0.15) is 11.4 Å². The maximum absolute atomic E-state index is 11.9. The third-order valence-electron chi connectivity index (χ3n) is 5.43. The van der Waals surface area contributed by atoms with Crippen molar-refractivity contribution in [3.63, 3.8) is 0 Å². The number of anilines is 3. The van der Waals surface area contributed by atoms with Crippen LogP contribution in [0.1, 0.15) is 43.0 Å². The molecule has 1 aromatic carbocycles. The van der Waals surface area contributed by atoms with E-state index < -0.39 is 5.91 Å². The van der Waals surface area contributed by atoms with E-state index in [0.717, 1.165) is 17.7 Å². The summed E-state index contributed by atoms with van der Waals surface area (Å²) in [4.78, 5) is 29.3. The van der Waals surface area contributed by atoms with Crippen LogP contribution in [0.5, 0.6) is 0 Å². The lowest BCUT2D eigenvalue weighted by molar-refractivity contribution is 0.100. The van der Waals surface area contributed by atoms with Crippen molar-refractivity contribution < 1.29 is 4.79 Å². The van der Waals surface area contributed by atoms with Crippen molar-refractivity contribution in [3.05, 3.63) is 54.5 Å². The van der Waals surface area contributed by atoms with Gasteiger partial charge in [-0.1, -0.05) is 31.9 Å². The van der Waals surface area contributed by atoms with Crippen molar-refractivity contribution in [3.8, 4) is 11.4 Å². The van der Waals surface area contributed by atoms with E-state index in [-0.39, 0.29) is 5.56 Å². The first-order valence-electron chi connectivity index (χ1n) is 10.2. The molecule has 1 fully saturated rings. The van der Waals surface area contributed by atoms with Gasteiger partial charge in [-0.25, -0.2) is 15.0 Å². The highest BCUT2D eigenvalue weighted by atomic mass is 16.1. The van der Waals surface area contributed by atoms with Crippen LogP contribution in [0, 0.1) is 5.92 Å². The molecule has 8 heteroatoms. The van der Waals surface area contributed by atoms with Crippen LogP contribution in [0.2, 0.25) is 0 Å². The van der Waals surface area contributed by atoms with Crippen LogP contribution in [-0.4, -0.2) is 31.9 Å². The summed E-state index contributed by atoms with van der Waals surface area (Å²) >= 11 is 0. The molecule has 2 atom stereocenters. The zero-order valence-electron chi connectivity index (χ0n) is 16.9. The van der Waals surface area contributed by atoms with Crippen LogP contribution in [0.15, 0.2) is 48.9 Å². The predicted molar refractivity (Wildman–Crippen MR) is 116 cm³/mol. The van der Waals surface area contributed by atoms with Crippen molar-refractivity contribution in [2.45, 2.75) is 38.6 Å². The lowest BCUT2D eigenvalue weighted by Crippen LogP contribution is -2.31. The van der Waals surface area contributed by atoms with Gasteiger partial charge in [-0.3, -0.25) is 4.79 Å². The summed E-state index contributed by atoms with van der Waals surface area (Å²) in [6, 6.07) is 9.70. The molecule has 0 bridgehead atoms. The molecule has 1 saturated carbocycles. The van der Waals surface area contributed by atoms with E-state index in [2.05, 4.69) is 37.5 Å². The quantitative estimate of drug-likeness (QED) is 0.573. The molecule has 0 spiro atoms. The fourth-order valence-electron chi connectivity index (χ4n) is 3.74. The van der Waals surface area contributed by atoms with Crippen molar-refractivity contribution >= 4 is 23.4 Å². The number of benzene rings is 1. The second-order valence-electron chi connectivity index (χ2n) is 7.61. The monoisotopic (exact) mass is 403 g/mol. The average Bonchev–Trinajstić information content (AvgIpc) is 2.76. The summed E-state index contributed by atoms with van der Waals surface area (Å²) in [5, 5.41) is 6.63. The molecular weight excluding hydrogens is 378 g/mol. The van der Waals surface area contributed by atoms with Crippen LogP contribution < -0.4 is 16.4 Å². The maximum atomic E-state index is 11.9. The molecule has 4 N–H and O–H groups in total. The first-order chi connectivity index (χ1) is 14.6. The highest BCUT2D eigenvalue weighted by molar-refractivity contribution is 5.98. The number of aromatic nitrogens is 4. The lowest BCUT2D eigenvalue weighted by atomic mass is 9.86. The Labute approximate surface area is 175 Å². The van der Waals surface area contributed by atoms with Crippen molar-refractivity contribution in [2.24, 2.45) is 11.7 Å². The fraction of sp³-hybridized carbons (Fsp3) is 0.318. The number of hydrogen-bond donors (Lipinski definition) is 3. The number of carbonyl (C=O) groups is 1. The van der Waals surface area contributed by atoms with Crippen LogP contribution in [0.3, 0.4) is 0 Å². The minimum absolute atomic E-state index is 0.235. The van der Waals surface area contributed by atoms with Gasteiger partial charge in [-0.05, 0) is 37.0 Å². The number of carbonyl (C=O) groups excluding carboxylic acids is 1. The van der Waals surface area contributed by atoms with Crippen LogP contribution in [0.25, 0.3) is 11.4 Å². The van der Waals surface area contributed by atoms with Gasteiger partial charge in [0.15, 0.2) is 5.82 Å². The largest absolute Gasteiger partial charge is 0.365 e. The van der Waals surface area contributed by atoms with Crippen LogP contribution in [-0.2, 0) is 0 Å². The van der Waals surface area contributed by atoms with Crippen molar-refractivity contribution in [1.82, 2.24) is 19.9 Å². The zero-order chi connectivity index (χ0) is 20.9. The molecule has 2 heterocycles. The molecule has 0 saturated heterocycles. The third-order valence-corrected chi connectivity index (χ3v) is 5.43. The molecule has 2 aromatic heterocycles. The number of hydrogen-bond acceptors (Lipinski definition) is 7. The zero-order valence-corrected chi connectivity index (χ0v) is 16.9. The minimum atomic E-state index is -0.586. The van der Waals surface area contributed by atoms with Crippen LogP contribution >= 0.6 is 0 Å². The molecule has 0 unspecified atom stereocenters. The summed E-state index contributed by atoms with van der Waals surface area (Å²) in [6.07, 6.45) is 9.60. The first-order valence-corrected chi connectivity index (χ1v) is 10.2. The molecule has 1 aliphatic carbocycles. The Bertz CT molecular complexity index is 1030. The first kappa shape index (κ1) is 19.8. The van der Waals surface area contributed by atoms with E-state index in [9.17, 15) is 4.79 Å². The normalized spacial score (nSPS) is 18.6. The summed E-state index contributed by atoms with van der Waals surface area (Å²) in [7, 11) is 0. The summed E-state index contributed by atoms with van der Waals surface area (Å²) in [5.41, 5.74) is 7.38. The van der Waals surface area contributed by atoms with Gasteiger partial charge in [0.05, 0.1) is 0 Å². The maximum Gasteiger partial charge on any atom is 0.254 e. The highest BCUT2D eigenvalue weighted by Crippen LogP contribution is 2.27. The molecule has 1 aliphatic rings. The summed E-state index contributed by atoms with van der Waals surface area (Å²) < 4.78 is 0. The molecule has 3 aromatic rings. The number of nitrogens with two attached hydrogens (primary N) is 1. The van der Waals surface area contributed by atoms with Gasteiger partial charge < -0.3 is 16.4 Å². The Kier molecular flexibility index (Phi) is 5.83. The molecule has 154 valence electrons. The Morgan fingerprint density at radius 2 is 1.90 bits per heavy atom.